The van der Waals surface area contributed by atoms with Gasteiger partial charge in [0, 0.05) is 16.2 Å². The lowest BCUT2D eigenvalue weighted by Crippen LogP contribution is -2.15. The Labute approximate surface area is 107 Å². The van der Waals surface area contributed by atoms with Crippen LogP contribution in [0, 0.1) is 12.8 Å². The summed E-state index contributed by atoms with van der Waals surface area (Å²) in [7, 11) is 0. The van der Waals surface area contributed by atoms with Crippen molar-refractivity contribution in [1.82, 2.24) is 0 Å². The van der Waals surface area contributed by atoms with Gasteiger partial charge in [-0.2, -0.15) is 0 Å². The number of rotatable bonds is 5. The van der Waals surface area contributed by atoms with Crippen molar-refractivity contribution in [3.8, 4) is 0 Å². The van der Waals surface area contributed by atoms with E-state index in [1.54, 1.807) is 11.8 Å². The van der Waals surface area contributed by atoms with E-state index in [-0.39, 0.29) is 5.84 Å². The third-order valence-corrected chi connectivity index (χ3v) is 4.37. The topological polar surface area (TPSA) is 58.6 Å². The maximum absolute atomic E-state index is 8.78. The van der Waals surface area contributed by atoms with Crippen molar-refractivity contribution in [2.45, 2.75) is 32.1 Å². The lowest BCUT2D eigenvalue weighted by atomic mass is 10.1. The Balaban J connectivity index is 2.96. The normalized spacial score (nSPS) is 13.7. The SMILES string of the molecule is CCC(C)CSc1c(C)cccc1/C(N)=N/O. The molecule has 3 nitrogen and oxygen atoms in total. The van der Waals surface area contributed by atoms with Gasteiger partial charge in [-0.25, -0.2) is 0 Å². The van der Waals surface area contributed by atoms with Crippen LogP contribution in [0.25, 0.3) is 0 Å². The molecule has 1 aromatic carbocycles. The van der Waals surface area contributed by atoms with E-state index in [4.69, 9.17) is 10.9 Å². The van der Waals surface area contributed by atoms with Crippen LogP contribution in [0.2, 0.25) is 0 Å². The minimum absolute atomic E-state index is 0.181. The molecule has 0 saturated heterocycles. The predicted octanol–water partition coefficient (Wildman–Crippen LogP) is 3.23. The zero-order chi connectivity index (χ0) is 12.8. The van der Waals surface area contributed by atoms with Gasteiger partial charge in [0.25, 0.3) is 0 Å². The Morgan fingerprint density at radius 1 is 1.53 bits per heavy atom. The van der Waals surface area contributed by atoms with Crippen LogP contribution >= 0.6 is 11.8 Å². The highest BCUT2D eigenvalue weighted by Gasteiger charge is 2.11. The molecule has 1 atom stereocenters. The largest absolute Gasteiger partial charge is 0.409 e. The van der Waals surface area contributed by atoms with E-state index in [9.17, 15) is 0 Å². The quantitative estimate of drug-likeness (QED) is 0.278. The summed E-state index contributed by atoms with van der Waals surface area (Å²) in [5.74, 6) is 1.90. The van der Waals surface area contributed by atoms with Gasteiger partial charge in [0.05, 0.1) is 0 Å². The summed E-state index contributed by atoms with van der Waals surface area (Å²) < 4.78 is 0. The molecule has 0 aromatic heterocycles. The molecule has 0 amide bonds. The first-order chi connectivity index (χ1) is 8.10. The van der Waals surface area contributed by atoms with Crippen molar-refractivity contribution in [3.05, 3.63) is 29.3 Å². The van der Waals surface area contributed by atoms with E-state index < -0.39 is 0 Å². The molecule has 94 valence electrons. The summed E-state index contributed by atoms with van der Waals surface area (Å²) in [6.07, 6.45) is 1.16. The average molecular weight is 252 g/mol. The molecule has 4 heteroatoms. The highest BCUT2D eigenvalue weighted by Crippen LogP contribution is 2.28. The van der Waals surface area contributed by atoms with E-state index in [1.165, 1.54) is 5.56 Å². The van der Waals surface area contributed by atoms with Crippen molar-refractivity contribution < 1.29 is 5.21 Å². The Kier molecular flexibility index (Phi) is 5.35. The number of nitrogens with two attached hydrogens (primary N) is 1. The molecule has 0 aliphatic heterocycles. The van der Waals surface area contributed by atoms with Crippen molar-refractivity contribution >= 4 is 17.6 Å². The first kappa shape index (κ1) is 13.9. The van der Waals surface area contributed by atoms with Gasteiger partial charge in [-0.15, -0.1) is 11.8 Å². The van der Waals surface area contributed by atoms with E-state index in [0.717, 1.165) is 22.6 Å². The van der Waals surface area contributed by atoms with Gasteiger partial charge in [-0.3, -0.25) is 0 Å². The summed E-state index contributed by atoms with van der Waals surface area (Å²) in [5.41, 5.74) is 7.68. The fourth-order valence-corrected chi connectivity index (χ4v) is 2.75. The van der Waals surface area contributed by atoms with E-state index >= 15 is 0 Å². The number of oxime groups is 1. The summed E-state index contributed by atoms with van der Waals surface area (Å²) in [6.45, 7) is 6.47. The van der Waals surface area contributed by atoms with Gasteiger partial charge < -0.3 is 10.9 Å². The minimum Gasteiger partial charge on any atom is -0.409 e. The number of nitrogens with zero attached hydrogens (tertiary/aromatic N) is 1. The monoisotopic (exact) mass is 252 g/mol. The van der Waals surface area contributed by atoms with Crippen LogP contribution in [-0.2, 0) is 0 Å². The summed E-state index contributed by atoms with van der Waals surface area (Å²) in [5, 5.41) is 11.9. The number of hydrogen-bond acceptors (Lipinski definition) is 3. The lowest BCUT2D eigenvalue weighted by Gasteiger charge is -2.13. The van der Waals surface area contributed by atoms with Crippen LogP contribution in [0.1, 0.15) is 31.4 Å². The second-order valence-electron chi connectivity index (χ2n) is 4.26. The molecule has 1 aromatic rings. The van der Waals surface area contributed by atoms with Crippen LogP contribution in [0.3, 0.4) is 0 Å². The molecule has 0 heterocycles. The predicted molar refractivity (Wildman–Crippen MR) is 73.9 cm³/mol. The molecular formula is C13H20N2OS. The maximum Gasteiger partial charge on any atom is 0.171 e. The highest BCUT2D eigenvalue weighted by atomic mass is 32.2. The third kappa shape index (κ3) is 3.66. The molecule has 1 unspecified atom stereocenters. The molecule has 17 heavy (non-hydrogen) atoms. The second kappa shape index (κ2) is 6.55. The van der Waals surface area contributed by atoms with E-state index in [2.05, 4.69) is 19.0 Å². The smallest absolute Gasteiger partial charge is 0.171 e. The van der Waals surface area contributed by atoms with Crippen LogP contribution in [-0.4, -0.2) is 16.8 Å². The van der Waals surface area contributed by atoms with Gasteiger partial charge in [0.2, 0.25) is 0 Å². The van der Waals surface area contributed by atoms with E-state index in [0.29, 0.717) is 5.92 Å². The first-order valence-electron chi connectivity index (χ1n) is 5.80. The van der Waals surface area contributed by atoms with Gasteiger partial charge in [0.15, 0.2) is 5.84 Å². The molecule has 3 N–H and O–H groups in total. The Morgan fingerprint density at radius 3 is 2.82 bits per heavy atom. The molecule has 0 aliphatic carbocycles. The van der Waals surface area contributed by atoms with Gasteiger partial charge >= 0.3 is 0 Å². The Morgan fingerprint density at radius 2 is 2.24 bits per heavy atom. The van der Waals surface area contributed by atoms with Crippen LogP contribution in [0.5, 0.6) is 0 Å². The van der Waals surface area contributed by atoms with Crippen molar-refractivity contribution in [1.29, 1.82) is 0 Å². The highest BCUT2D eigenvalue weighted by molar-refractivity contribution is 7.99. The fraction of sp³-hybridized carbons (Fsp3) is 0.462. The lowest BCUT2D eigenvalue weighted by molar-refractivity contribution is 0.318. The number of hydrogen-bond donors (Lipinski definition) is 2. The van der Waals surface area contributed by atoms with Crippen LogP contribution < -0.4 is 5.73 Å². The number of benzene rings is 1. The van der Waals surface area contributed by atoms with Crippen molar-refractivity contribution in [3.63, 3.8) is 0 Å². The van der Waals surface area contributed by atoms with Crippen LogP contribution in [0.4, 0.5) is 0 Å². The molecule has 0 bridgehead atoms. The molecule has 0 aliphatic rings. The van der Waals surface area contributed by atoms with Gasteiger partial charge in [-0.05, 0) is 18.4 Å². The van der Waals surface area contributed by atoms with Crippen molar-refractivity contribution in [2.75, 3.05) is 5.75 Å². The van der Waals surface area contributed by atoms with Crippen molar-refractivity contribution in [2.24, 2.45) is 16.8 Å². The molecule has 0 spiro atoms. The Bertz CT molecular complexity index is 404. The number of aryl methyl sites for hydroxylation is 1. The molecule has 1 rings (SSSR count). The summed E-state index contributed by atoms with van der Waals surface area (Å²) >= 11 is 1.78. The zero-order valence-corrected chi connectivity index (χ0v) is 11.4. The average Bonchev–Trinajstić information content (AvgIpc) is 2.35. The van der Waals surface area contributed by atoms with Gasteiger partial charge in [-0.1, -0.05) is 43.6 Å². The molecule has 0 saturated carbocycles. The fourth-order valence-electron chi connectivity index (χ4n) is 1.44. The zero-order valence-electron chi connectivity index (χ0n) is 10.6. The standard InChI is InChI=1S/C13H20N2OS/c1-4-9(2)8-17-12-10(3)6-5-7-11(12)13(14)15-16/h5-7,9,16H,4,8H2,1-3H3,(H2,14,15). The molecular weight excluding hydrogens is 232 g/mol. The van der Waals surface area contributed by atoms with E-state index in [1.807, 2.05) is 25.1 Å². The van der Waals surface area contributed by atoms with Crippen LogP contribution in [0.15, 0.2) is 28.3 Å². The summed E-state index contributed by atoms with van der Waals surface area (Å²) in [4.78, 5) is 1.11. The number of thioether (sulfide) groups is 1. The second-order valence-corrected chi connectivity index (χ2v) is 5.29. The number of amidine groups is 1. The first-order valence-corrected chi connectivity index (χ1v) is 6.79. The molecule has 0 fully saturated rings. The summed E-state index contributed by atoms with van der Waals surface area (Å²) in [6, 6.07) is 5.87. The minimum atomic E-state index is 0.181. The Hall–Kier alpha value is -1.16. The van der Waals surface area contributed by atoms with Gasteiger partial charge in [0.1, 0.15) is 0 Å². The third-order valence-electron chi connectivity index (χ3n) is 2.80. The molecule has 0 radical (unpaired) electrons. The maximum atomic E-state index is 8.78.